The van der Waals surface area contributed by atoms with Crippen LogP contribution >= 0.6 is 0 Å². The van der Waals surface area contributed by atoms with Crippen molar-refractivity contribution < 1.29 is 9.53 Å². The lowest BCUT2D eigenvalue weighted by atomic mass is 10.1. The van der Waals surface area contributed by atoms with Gasteiger partial charge in [0, 0.05) is 24.8 Å². The van der Waals surface area contributed by atoms with Crippen molar-refractivity contribution in [3.8, 4) is 0 Å². The molecule has 2 aliphatic heterocycles. The van der Waals surface area contributed by atoms with Gasteiger partial charge < -0.3 is 15.0 Å². The highest BCUT2D eigenvalue weighted by Gasteiger charge is 2.35. The summed E-state index contributed by atoms with van der Waals surface area (Å²) in [6, 6.07) is 8.35. The number of ether oxygens (including phenoxy) is 1. The molecule has 2 atom stereocenters. The highest BCUT2D eigenvalue weighted by molar-refractivity contribution is 5.99. The van der Waals surface area contributed by atoms with E-state index >= 15 is 0 Å². The van der Waals surface area contributed by atoms with Gasteiger partial charge in [0.25, 0.3) is 5.91 Å². The highest BCUT2D eigenvalue weighted by atomic mass is 16.5. The van der Waals surface area contributed by atoms with Crippen molar-refractivity contribution in [2.45, 2.75) is 25.5 Å². The number of hydrogen-bond acceptors (Lipinski definition) is 3. The number of morpholine rings is 1. The molecule has 96 valence electrons. The van der Waals surface area contributed by atoms with Crippen LogP contribution in [0.4, 0.5) is 5.69 Å². The van der Waals surface area contributed by atoms with Crippen molar-refractivity contribution >= 4 is 11.6 Å². The minimum Gasteiger partial charge on any atom is -0.366 e. The van der Waals surface area contributed by atoms with Crippen LogP contribution in [0.2, 0.25) is 0 Å². The van der Waals surface area contributed by atoms with E-state index in [1.54, 1.807) is 0 Å². The van der Waals surface area contributed by atoms with E-state index in [1.807, 2.05) is 23.1 Å². The molecule has 1 amide bonds. The Morgan fingerprint density at radius 2 is 2.28 bits per heavy atom. The number of benzene rings is 1. The van der Waals surface area contributed by atoms with E-state index in [9.17, 15) is 4.79 Å². The average molecular weight is 246 g/mol. The Morgan fingerprint density at radius 3 is 3.06 bits per heavy atom. The highest BCUT2D eigenvalue weighted by Crippen LogP contribution is 2.32. The minimum atomic E-state index is -0.340. The fraction of sp³-hybridized carbons (Fsp3) is 0.500. The maximum Gasteiger partial charge on any atom is 0.257 e. The molecule has 2 heterocycles. The van der Waals surface area contributed by atoms with Gasteiger partial charge in [-0.3, -0.25) is 4.79 Å². The molecule has 0 radical (unpaired) electrons. The molecule has 3 rings (SSSR count). The van der Waals surface area contributed by atoms with Gasteiger partial charge in [-0.15, -0.1) is 0 Å². The quantitative estimate of drug-likeness (QED) is 0.802. The van der Waals surface area contributed by atoms with E-state index in [-0.39, 0.29) is 18.1 Å². The number of carbonyl (C=O) groups excluding carboxylic acids is 1. The van der Waals surface area contributed by atoms with Crippen molar-refractivity contribution in [2.24, 2.45) is 0 Å². The van der Waals surface area contributed by atoms with Crippen LogP contribution in [0.5, 0.6) is 0 Å². The SMILES string of the molecule is CC1Cc2ccccc2N1C(=O)C1CNCCO1. The first kappa shape index (κ1) is 11.7. The van der Waals surface area contributed by atoms with Gasteiger partial charge in [0.2, 0.25) is 0 Å². The topological polar surface area (TPSA) is 41.6 Å². The molecule has 1 aromatic rings. The molecule has 0 aromatic heterocycles. The van der Waals surface area contributed by atoms with E-state index in [2.05, 4.69) is 18.3 Å². The number of carbonyl (C=O) groups is 1. The van der Waals surface area contributed by atoms with E-state index < -0.39 is 0 Å². The number of anilines is 1. The summed E-state index contributed by atoms with van der Waals surface area (Å²) in [5.74, 6) is 0.0830. The summed E-state index contributed by atoms with van der Waals surface area (Å²) in [4.78, 5) is 14.4. The molecule has 1 aromatic carbocycles. The number of para-hydroxylation sites is 1. The fourth-order valence-corrected chi connectivity index (χ4v) is 2.78. The molecule has 0 spiro atoms. The van der Waals surface area contributed by atoms with Gasteiger partial charge in [-0.05, 0) is 25.0 Å². The monoisotopic (exact) mass is 246 g/mol. The molecular formula is C14H18N2O2. The van der Waals surface area contributed by atoms with Crippen LogP contribution in [0.1, 0.15) is 12.5 Å². The summed E-state index contributed by atoms with van der Waals surface area (Å²) >= 11 is 0. The standard InChI is InChI=1S/C14H18N2O2/c1-10-8-11-4-2-3-5-12(11)16(10)14(17)13-9-15-6-7-18-13/h2-5,10,13,15H,6-9H2,1H3. The van der Waals surface area contributed by atoms with Gasteiger partial charge in [0.15, 0.2) is 0 Å². The van der Waals surface area contributed by atoms with Gasteiger partial charge in [0.1, 0.15) is 6.10 Å². The first-order chi connectivity index (χ1) is 8.77. The Morgan fingerprint density at radius 1 is 1.44 bits per heavy atom. The maximum atomic E-state index is 12.5. The van der Waals surface area contributed by atoms with Crippen molar-refractivity contribution in [2.75, 3.05) is 24.6 Å². The van der Waals surface area contributed by atoms with Crippen LogP contribution in [0, 0.1) is 0 Å². The second kappa shape index (κ2) is 4.71. The van der Waals surface area contributed by atoms with Crippen molar-refractivity contribution in [1.82, 2.24) is 5.32 Å². The van der Waals surface area contributed by atoms with Crippen LogP contribution in [-0.2, 0) is 16.0 Å². The first-order valence-corrected chi connectivity index (χ1v) is 6.50. The zero-order valence-electron chi connectivity index (χ0n) is 10.6. The Hall–Kier alpha value is -1.39. The lowest BCUT2D eigenvalue weighted by molar-refractivity contribution is -0.131. The van der Waals surface area contributed by atoms with E-state index in [0.29, 0.717) is 13.2 Å². The third-order valence-corrected chi connectivity index (χ3v) is 3.65. The summed E-state index contributed by atoms with van der Waals surface area (Å²) in [5, 5.41) is 3.21. The van der Waals surface area contributed by atoms with Gasteiger partial charge in [-0.2, -0.15) is 0 Å². The van der Waals surface area contributed by atoms with Crippen LogP contribution in [0.15, 0.2) is 24.3 Å². The molecule has 18 heavy (non-hydrogen) atoms. The second-order valence-corrected chi connectivity index (χ2v) is 4.95. The van der Waals surface area contributed by atoms with Crippen LogP contribution in [-0.4, -0.2) is 37.7 Å². The number of hydrogen-bond donors (Lipinski definition) is 1. The normalized spacial score (nSPS) is 27.1. The lowest BCUT2D eigenvalue weighted by Gasteiger charge is -2.30. The van der Waals surface area contributed by atoms with Gasteiger partial charge in [0.05, 0.1) is 6.61 Å². The smallest absolute Gasteiger partial charge is 0.257 e. The number of nitrogens with zero attached hydrogens (tertiary/aromatic N) is 1. The first-order valence-electron chi connectivity index (χ1n) is 6.50. The Balaban J connectivity index is 1.85. The molecule has 4 nitrogen and oxygen atoms in total. The minimum absolute atomic E-state index is 0.0830. The summed E-state index contributed by atoms with van der Waals surface area (Å²) in [6.07, 6.45) is 0.592. The lowest BCUT2D eigenvalue weighted by Crippen LogP contribution is -2.51. The van der Waals surface area contributed by atoms with Gasteiger partial charge >= 0.3 is 0 Å². The fourth-order valence-electron chi connectivity index (χ4n) is 2.78. The molecule has 1 fully saturated rings. The zero-order chi connectivity index (χ0) is 12.5. The summed E-state index contributed by atoms with van der Waals surface area (Å²) < 4.78 is 5.56. The maximum absolute atomic E-state index is 12.5. The third-order valence-electron chi connectivity index (χ3n) is 3.65. The van der Waals surface area contributed by atoms with Crippen LogP contribution in [0.3, 0.4) is 0 Å². The Bertz CT molecular complexity index is 455. The van der Waals surface area contributed by atoms with Gasteiger partial charge in [-0.25, -0.2) is 0 Å². The number of rotatable bonds is 1. The van der Waals surface area contributed by atoms with E-state index in [4.69, 9.17) is 4.74 Å². The molecule has 2 unspecified atom stereocenters. The molecule has 0 saturated carbocycles. The van der Waals surface area contributed by atoms with Crippen LogP contribution < -0.4 is 10.2 Å². The number of fused-ring (bicyclic) bond motifs is 1. The van der Waals surface area contributed by atoms with E-state index in [0.717, 1.165) is 18.7 Å². The Labute approximate surface area is 107 Å². The third kappa shape index (κ3) is 1.91. The predicted molar refractivity (Wildman–Crippen MR) is 69.7 cm³/mol. The molecular weight excluding hydrogens is 228 g/mol. The van der Waals surface area contributed by atoms with Crippen molar-refractivity contribution in [3.05, 3.63) is 29.8 Å². The summed E-state index contributed by atoms with van der Waals surface area (Å²) in [7, 11) is 0. The number of amides is 1. The molecule has 0 aliphatic carbocycles. The summed E-state index contributed by atoms with van der Waals surface area (Å²) in [5.41, 5.74) is 2.30. The number of nitrogens with one attached hydrogen (secondary N) is 1. The Kier molecular flexibility index (Phi) is 3.06. The molecule has 0 bridgehead atoms. The van der Waals surface area contributed by atoms with Gasteiger partial charge in [-0.1, -0.05) is 18.2 Å². The predicted octanol–water partition coefficient (Wildman–Crippen LogP) is 0.953. The van der Waals surface area contributed by atoms with Crippen molar-refractivity contribution in [1.29, 1.82) is 0 Å². The van der Waals surface area contributed by atoms with Crippen molar-refractivity contribution in [3.63, 3.8) is 0 Å². The average Bonchev–Trinajstić information content (AvgIpc) is 2.75. The molecule has 1 saturated heterocycles. The summed E-state index contributed by atoms with van der Waals surface area (Å²) in [6.45, 7) is 4.15. The molecule has 2 aliphatic rings. The zero-order valence-corrected chi connectivity index (χ0v) is 10.6. The van der Waals surface area contributed by atoms with Crippen LogP contribution in [0.25, 0.3) is 0 Å². The largest absolute Gasteiger partial charge is 0.366 e. The molecule has 1 N–H and O–H groups in total. The second-order valence-electron chi connectivity index (χ2n) is 4.95. The van der Waals surface area contributed by atoms with E-state index in [1.165, 1.54) is 5.56 Å². The molecule has 4 heteroatoms.